The van der Waals surface area contributed by atoms with Crippen molar-refractivity contribution in [3.05, 3.63) is 66.2 Å². The molecule has 6 fully saturated rings. The molecule has 4 bridgehead atoms. The zero-order valence-corrected chi connectivity index (χ0v) is 24.8. The average molecular weight is 609 g/mol. The van der Waals surface area contributed by atoms with Gasteiger partial charge >= 0.3 is 6.18 Å². The van der Waals surface area contributed by atoms with Gasteiger partial charge in [-0.1, -0.05) is 12.1 Å². The number of anilines is 1. The Hall–Kier alpha value is -3.56. The summed E-state index contributed by atoms with van der Waals surface area (Å²) in [5.41, 5.74) is -0.0621. The summed E-state index contributed by atoms with van der Waals surface area (Å²) in [6.07, 6.45) is 6.59. The fraction of sp³-hybridized carbons (Fsp3) is 0.529. The van der Waals surface area contributed by atoms with Crippen LogP contribution in [0.1, 0.15) is 82.4 Å². The first kappa shape index (κ1) is 29.2. The Morgan fingerprint density at radius 1 is 0.909 bits per heavy atom. The topological polar surface area (TPSA) is 68.2 Å². The number of amides is 1. The minimum absolute atomic E-state index is 0.0118. The number of aromatic nitrogens is 3. The van der Waals surface area contributed by atoms with Crippen LogP contribution in [-0.2, 0) is 16.4 Å². The number of halogens is 4. The average Bonchev–Trinajstić information content (AvgIpc) is 3.00. The molecule has 3 aromatic rings. The molecule has 6 saturated carbocycles. The zero-order chi connectivity index (χ0) is 30.8. The van der Waals surface area contributed by atoms with E-state index in [0.29, 0.717) is 50.4 Å². The third kappa shape index (κ3) is 5.13. The minimum Gasteiger partial charge on any atom is -0.491 e. The van der Waals surface area contributed by atoms with E-state index in [9.17, 15) is 22.4 Å². The van der Waals surface area contributed by atoms with Crippen molar-refractivity contribution in [3.8, 4) is 17.1 Å². The number of pyridine rings is 1. The second kappa shape index (κ2) is 10.2. The number of hydrogen-bond acceptors (Lipinski definition) is 5. The maximum Gasteiger partial charge on any atom is 0.417 e. The van der Waals surface area contributed by atoms with Crippen LogP contribution in [0.15, 0.2) is 55.0 Å². The van der Waals surface area contributed by atoms with Crippen LogP contribution < -0.4 is 9.64 Å². The van der Waals surface area contributed by atoms with Crippen LogP contribution in [0.5, 0.6) is 5.75 Å². The first-order chi connectivity index (χ1) is 20.9. The molecule has 0 aliphatic heterocycles. The van der Waals surface area contributed by atoms with Crippen LogP contribution in [0.25, 0.3) is 11.4 Å². The van der Waals surface area contributed by atoms with Gasteiger partial charge in [0.15, 0.2) is 11.6 Å². The molecule has 2 heterocycles. The lowest BCUT2D eigenvalue weighted by molar-refractivity contribution is -0.215. The van der Waals surface area contributed by atoms with E-state index in [0.717, 1.165) is 67.7 Å². The predicted molar refractivity (Wildman–Crippen MR) is 157 cm³/mol. The van der Waals surface area contributed by atoms with Gasteiger partial charge in [0.25, 0.3) is 0 Å². The monoisotopic (exact) mass is 608 g/mol. The minimum atomic E-state index is -4.41. The van der Waals surface area contributed by atoms with Crippen molar-refractivity contribution >= 4 is 11.6 Å². The smallest absolute Gasteiger partial charge is 0.417 e. The largest absolute Gasteiger partial charge is 0.491 e. The van der Waals surface area contributed by atoms with Crippen molar-refractivity contribution in [2.75, 3.05) is 18.1 Å². The molecule has 0 atom stereocenters. The Morgan fingerprint density at radius 3 is 2.16 bits per heavy atom. The van der Waals surface area contributed by atoms with Crippen molar-refractivity contribution in [1.29, 1.82) is 0 Å². The first-order valence-corrected chi connectivity index (χ1v) is 15.5. The molecule has 10 heteroatoms. The standard InChI is InChI=1S/C34H36F4N4O2/c1-2-44-26-17-40-29(41-18-26)23-4-3-5-25(14-23)42(28(43)15-31-19-33(35,20-31)21-31)22-30-8-11-32(12-9-30,13-10-30)27-7-6-24(16-39-27)34(36,37)38/h3-7,14,16-18H,2,8-13,15,19-22H2,1H3. The molecule has 0 spiro atoms. The Labute approximate surface area is 254 Å². The molecule has 0 N–H and O–H groups in total. The number of carbonyl (C=O) groups excluding carboxylic acids is 1. The zero-order valence-electron chi connectivity index (χ0n) is 24.8. The van der Waals surface area contributed by atoms with Gasteiger partial charge in [0.05, 0.1) is 24.6 Å². The molecule has 6 aliphatic rings. The number of fused-ring (bicyclic) bond motifs is 3. The molecule has 6 aliphatic carbocycles. The summed E-state index contributed by atoms with van der Waals surface area (Å²) in [7, 11) is 0. The molecule has 1 amide bonds. The van der Waals surface area contributed by atoms with Crippen molar-refractivity contribution in [2.45, 2.75) is 88.4 Å². The van der Waals surface area contributed by atoms with E-state index in [2.05, 4.69) is 15.0 Å². The number of rotatable bonds is 9. The molecule has 232 valence electrons. The van der Waals surface area contributed by atoms with Gasteiger partial charge in [0.2, 0.25) is 5.91 Å². The third-order valence-electron chi connectivity index (χ3n) is 10.8. The van der Waals surface area contributed by atoms with Crippen molar-refractivity contribution in [1.82, 2.24) is 15.0 Å². The van der Waals surface area contributed by atoms with E-state index < -0.39 is 17.4 Å². The van der Waals surface area contributed by atoms with Gasteiger partial charge in [-0.25, -0.2) is 14.4 Å². The molecule has 6 nitrogen and oxygen atoms in total. The van der Waals surface area contributed by atoms with E-state index in [1.165, 1.54) is 0 Å². The second-order valence-electron chi connectivity index (χ2n) is 13.8. The molecule has 2 aromatic heterocycles. The highest BCUT2D eigenvalue weighted by atomic mass is 19.4. The molecule has 9 rings (SSSR count). The number of nitrogens with zero attached hydrogens (tertiary/aromatic N) is 4. The SMILES string of the molecule is CCOc1cnc(-c2cccc(N(CC34CCC(c5ccc(C(F)(F)F)cn5)(CC3)CC4)C(=O)CC34CC(F)(C3)C4)c2)nc1. The summed E-state index contributed by atoms with van der Waals surface area (Å²) in [4.78, 5) is 29.2. The lowest BCUT2D eigenvalue weighted by Crippen LogP contribution is -2.65. The highest BCUT2D eigenvalue weighted by molar-refractivity contribution is 5.95. The van der Waals surface area contributed by atoms with Crippen LogP contribution in [-0.4, -0.2) is 39.7 Å². The van der Waals surface area contributed by atoms with E-state index in [1.807, 2.05) is 36.1 Å². The molecule has 44 heavy (non-hydrogen) atoms. The molecule has 0 saturated heterocycles. The number of benzene rings is 1. The Kier molecular flexibility index (Phi) is 6.79. The number of ether oxygens (including phenoxy) is 1. The van der Waals surface area contributed by atoms with E-state index >= 15 is 0 Å². The third-order valence-corrected chi connectivity index (χ3v) is 10.8. The highest BCUT2D eigenvalue weighted by Crippen LogP contribution is 2.71. The van der Waals surface area contributed by atoms with Crippen molar-refractivity contribution in [2.24, 2.45) is 10.8 Å². The maximum atomic E-state index is 14.3. The van der Waals surface area contributed by atoms with Gasteiger partial charge in [-0.15, -0.1) is 0 Å². The fourth-order valence-corrected chi connectivity index (χ4v) is 8.40. The van der Waals surface area contributed by atoms with Gasteiger partial charge in [-0.2, -0.15) is 13.2 Å². The predicted octanol–water partition coefficient (Wildman–Crippen LogP) is 7.86. The summed E-state index contributed by atoms with van der Waals surface area (Å²) in [6, 6.07) is 10.4. The van der Waals surface area contributed by atoms with Gasteiger partial charge in [-0.05, 0) is 99.8 Å². The van der Waals surface area contributed by atoms with Crippen LogP contribution in [0.4, 0.5) is 23.2 Å². The van der Waals surface area contributed by atoms with Gasteiger partial charge in [-0.3, -0.25) is 9.78 Å². The fourth-order valence-electron chi connectivity index (χ4n) is 8.40. The normalized spacial score (nSPS) is 30.3. The van der Waals surface area contributed by atoms with Crippen LogP contribution in [0.2, 0.25) is 0 Å². The Balaban J connectivity index is 1.12. The Bertz CT molecular complexity index is 1510. The molecule has 0 unspecified atom stereocenters. The van der Waals surface area contributed by atoms with E-state index in [1.54, 1.807) is 18.5 Å². The lowest BCUT2D eigenvalue weighted by atomic mass is 9.41. The number of hydrogen-bond donors (Lipinski definition) is 0. The summed E-state index contributed by atoms with van der Waals surface area (Å²) in [5.74, 6) is 1.13. The molecule has 1 aromatic carbocycles. The summed E-state index contributed by atoms with van der Waals surface area (Å²) >= 11 is 0. The van der Waals surface area contributed by atoms with Crippen molar-refractivity contribution < 1.29 is 27.1 Å². The number of carbonyl (C=O) groups is 1. The van der Waals surface area contributed by atoms with Crippen LogP contribution >= 0.6 is 0 Å². The second-order valence-corrected chi connectivity index (χ2v) is 13.8. The number of alkyl halides is 4. The van der Waals surface area contributed by atoms with Gasteiger partial charge < -0.3 is 9.64 Å². The van der Waals surface area contributed by atoms with Gasteiger partial charge in [0, 0.05) is 41.5 Å². The summed E-state index contributed by atoms with van der Waals surface area (Å²) in [6.45, 7) is 2.96. The quantitative estimate of drug-likeness (QED) is 0.231. The first-order valence-electron chi connectivity index (χ1n) is 15.5. The van der Waals surface area contributed by atoms with Gasteiger partial charge in [0.1, 0.15) is 5.67 Å². The van der Waals surface area contributed by atoms with Crippen LogP contribution in [0.3, 0.4) is 0 Å². The maximum absolute atomic E-state index is 14.3. The van der Waals surface area contributed by atoms with Crippen LogP contribution in [0, 0.1) is 10.8 Å². The van der Waals surface area contributed by atoms with E-state index in [-0.39, 0.29) is 22.2 Å². The molecule has 0 radical (unpaired) electrons. The molecular weight excluding hydrogens is 572 g/mol. The highest BCUT2D eigenvalue weighted by Gasteiger charge is 2.69. The Morgan fingerprint density at radius 2 is 1.59 bits per heavy atom. The summed E-state index contributed by atoms with van der Waals surface area (Å²) in [5, 5.41) is 0. The van der Waals surface area contributed by atoms with E-state index in [4.69, 9.17) is 4.74 Å². The molecular formula is C34H36F4N4O2. The van der Waals surface area contributed by atoms with Crippen molar-refractivity contribution in [3.63, 3.8) is 0 Å². The lowest BCUT2D eigenvalue weighted by Gasteiger charge is -2.66. The summed E-state index contributed by atoms with van der Waals surface area (Å²) < 4.78 is 59.2.